The van der Waals surface area contributed by atoms with Gasteiger partial charge in [0.05, 0.1) is 5.69 Å². The molecule has 0 aliphatic heterocycles. The van der Waals surface area contributed by atoms with Crippen LogP contribution < -0.4 is 10.6 Å². The minimum absolute atomic E-state index is 0.248. The Morgan fingerprint density at radius 1 is 1.26 bits per heavy atom. The van der Waals surface area contributed by atoms with E-state index >= 15 is 0 Å². The predicted molar refractivity (Wildman–Crippen MR) is 108 cm³/mol. The van der Waals surface area contributed by atoms with Crippen molar-refractivity contribution in [2.75, 3.05) is 10.6 Å². The number of benzene rings is 1. The molecule has 0 fully saturated rings. The monoisotopic (exact) mass is 387 g/mol. The standard InChI is InChI=1S/C20H25N3O3S/c1-12-8-9-15-16(10-12)27-18(22-15)23-17(24)13-6-5-7-14(11-13)21-19(25)26-20(2,3)4/h5-7,11-12H,8-10H2,1-4H3,(H,21,25)(H,22,23,24). The van der Waals surface area contributed by atoms with Crippen molar-refractivity contribution in [3.05, 3.63) is 40.4 Å². The van der Waals surface area contributed by atoms with Crippen molar-refractivity contribution in [3.8, 4) is 0 Å². The second kappa shape index (κ2) is 7.68. The quantitative estimate of drug-likeness (QED) is 0.787. The number of amides is 2. The molecular formula is C20H25N3O3S. The zero-order chi connectivity index (χ0) is 19.6. The third-order valence-corrected chi connectivity index (χ3v) is 5.21. The first-order chi connectivity index (χ1) is 12.7. The van der Waals surface area contributed by atoms with E-state index in [2.05, 4.69) is 22.5 Å². The van der Waals surface area contributed by atoms with Gasteiger partial charge in [-0.25, -0.2) is 9.78 Å². The number of rotatable bonds is 3. The molecule has 1 heterocycles. The summed E-state index contributed by atoms with van der Waals surface area (Å²) in [6.07, 6.45) is 2.58. The summed E-state index contributed by atoms with van der Waals surface area (Å²) in [6.45, 7) is 7.63. The number of aromatic nitrogens is 1. The van der Waals surface area contributed by atoms with Gasteiger partial charge in [0, 0.05) is 16.1 Å². The molecule has 2 aromatic rings. The molecule has 1 aliphatic carbocycles. The lowest BCUT2D eigenvalue weighted by atomic mass is 9.93. The molecule has 7 heteroatoms. The highest BCUT2D eigenvalue weighted by molar-refractivity contribution is 7.15. The van der Waals surface area contributed by atoms with E-state index in [1.165, 1.54) is 4.88 Å². The Bertz CT molecular complexity index is 854. The van der Waals surface area contributed by atoms with Crippen LogP contribution in [0.15, 0.2) is 24.3 Å². The third kappa shape index (κ3) is 5.29. The van der Waals surface area contributed by atoms with Gasteiger partial charge in [-0.1, -0.05) is 13.0 Å². The van der Waals surface area contributed by atoms with Gasteiger partial charge in [0.1, 0.15) is 5.60 Å². The Balaban J connectivity index is 1.66. The number of carbonyl (C=O) groups excluding carboxylic acids is 2. The molecule has 0 bridgehead atoms. The lowest BCUT2D eigenvalue weighted by Crippen LogP contribution is -2.27. The summed E-state index contributed by atoms with van der Waals surface area (Å²) in [7, 11) is 0. The highest BCUT2D eigenvalue weighted by atomic mass is 32.1. The maximum Gasteiger partial charge on any atom is 0.412 e. The van der Waals surface area contributed by atoms with E-state index in [0.717, 1.165) is 25.0 Å². The van der Waals surface area contributed by atoms with Gasteiger partial charge in [-0.15, -0.1) is 11.3 Å². The zero-order valence-corrected chi connectivity index (χ0v) is 16.9. The summed E-state index contributed by atoms with van der Waals surface area (Å²) in [5.41, 5.74) is 1.48. The van der Waals surface area contributed by atoms with Crippen LogP contribution in [-0.4, -0.2) is 22.6 Å². The number of carbonyl (C=O) groups is 2. The fourth-order valence-electron chi connectivity index (χ4n) is 2.92. The molecule has 0 saturated heterocycles. The molecule has 27 heavy (non-hydrogen) atoms. The van der Waals surface area contributed by atoms with Crippen LogP contribution >= 0.6 is 11.3 Å². The molecule has 2 amide bonds. The number of fused-ring (bicyclic) bond motifs is 1. The van der Waals surface area contributed by atoms with E-state index in [4.69, 9.17) is 4.74 Å². The summed E-state index contributed by atoms with van der Waals surface area (Å²) >= 11 is 1.55. The van der Waals surface area contributed by atoms with Crippen molar-refractivity contribution in [2.45, 2.75) is 52.6 Å². The molecule has 6 nitrogen and oxygen atoms in total. The maximum absolute atomic E-state index is 12.6. The van der Waals surface area contributed by atoms with E-state index < -0.39 is 11.7 Å². The minimum Gasteiger partial charge on any atom is -0.444 e. The molecule has 1 aliphatic rings. The lowest BCUT2D eigenvalue weighted by Gasteiger charge is -2.19. The Hall–Kier alpha value is -2.41. The summed E-state index contributed by atoms with van der Waals surface area (Å²) in [5.74, 6) is 0.416. The number of thiazole rings is 1. The fraction of sp³-hybridized carbons (Fsp3) is 0.450. The van der Waals surface area contributed by atoms with Gasteiger partial charge in [0.2, 0.25) is 0 Å². The van der Waals surface area contributed by atoms with Gasteiger partial charge in [-0.2, -0.15) is 0 Å². The Morgan fingerprint density at radius 3 is 2.78 bits per heavy atom. The van der Waals surface area contributed by atoms with Gasteiger partial charge in [-0.05, 0) is 64.2 Å². The molecule has 1 aromatic heterocycles. The van der Waals surface area contributed by atoms with E-state index in [9.17, 15) is 9.59 Å². The van der Waals surface area contributed by atoms with Gasteiger partial charge in [-0.3, -0.25) is 15.4 Å². The van der Waals surface area contributed by atoms with Crippen LogP contribution in [0.4, 0.5) is 15.6 Å². The van der Waals surface area contributed by atoms with Gasteiger partial charge in [0.15, 0.2) is 5.13 Å². The Morgan fingerprint density at radius 2 is 2.04 bits per heavy atom. The summed E-state index contributed by atoms with van der Waals surface area (Å²) in [5, 5.41) is 6.15. The van der Waals surface area contributed by atoms with Crippen molar-refractivity contribution in [1.29, 1.82) is 0 Å². The highest BCUT2D eigenvalue weighted by Gasteiger charge is 2.21. The number of ether oxygens (including phenoxy) is 1. The second-order valence-corrected chi connectivity index (χ2v) is 8.98. The number of nitrogens with zero attached hydrogens (tertiary/aromatic N) is 1. The van der Waals surface area contributed by atoms with Crippen molar-refractivity contribution >= 4 is 34.2 Å². The molecular weight excluding hydrogens is 362 g/mol. The van der Waals surface area contributed by atoms with E-state index in [1.807, 2.05) is 0 Å². The van der Waals surface area contributed by atoms with E-state index in [1.54, 1.807) is 56.4 Å². The number of nitrogens with one attached hydrogen (secondary N) is 2. The van der Waals surface area contributed by atoms with Crippen LogP contribution in [0.25, 0.3) is 0 Å². The zero-order valence-electron chi connectivity index (χ0n) is 16.1. The molecule has 1 aromatic carbocycles. The number of anilines is 2. The third-order valence-electron chi connectivity index (χ3n) is 4.18. The first-order valence-electron chi connectivity index (χ1n) is 9.09. The van der Waals surface area contributed by atoms with Crippen LogP contribution in [0.1, 0.15) is 55.0 Å². The summed E-state index contributed by atoms with van der Waals surface area (Å²) in [6, 6.07) is 6.75. The number of aryl methyl sites for hydroxylation is 1. The first kappa shape index (κ1) is 19.4. The molecule has 0 spiro atoms. The van der Waals surface area contributed by atoms with Gasteiger partial charge < -0.3 is 4.74 Å². The van der Waals surface area contributed by atoms with Crippen LogP contribution in [0.3, 0.4) is 0 Å². The predicted octanol–water partition coefficient (Wildman–Crippen LogP) is 4.87. The second-order valence-electron chi connectivity index (χ2n) is 7.90. The van der Waals surface area contributed by atoms with Crippen LogP contribution in [0.5, 0.6) is 0 Å². The van der Waals surface area contributed by atoms with E-state index in [0.29, 0.717) is 22.3 Å². The van der Waals surface area contributed by atoms with Gasteiger partial charge >= 0.3 is 6.09 Å². The van der Waals surface area contributed by atoms with E-state index in [-0.39, 0.29) is 5.91 Å². The van der Waals surface area contributed by atoms with Crippen molar-refractivity contribution in [1.82, 2.24) is 4.98 Å². The van der Waals surface area contributed by atoms with Crippen LogP contribution in [-0.2, 0) is 17.6 Å². The molecule has 0 saturated carbocycles. The Labute approximate surface area is 163 Å². The van der Waals surface area contributed by atoms with Crippen LogP contribution in [0.2, 0.25) is 0 Å². The smallest absolute Gasteiger partial charge is 0.412 e. The largest absolute Gasteiger partial charge is 0.444 e. The summed E-state index contributed by atoms with van der Waals surface area (Å²) in [4.78, 5) is 30.3. The van der Waals surface area contributed by atoms with Crippen molar-refractivity contribution in [3.63, 3.8) is 0 Å². The minimum atomic E-state index is -0.583. The molecule has 3 rings (SSSR count). The maximum atomic E-state index is 12.6. The molecule has 144 valence electrons. The molecule has 0 radical (unpaired) electrons. The Kier molecular flexibility index (Phi) is 5.51. The van der Waals surface area contributed by atoms with Crippen LogP contribution in [0, 0.1) is 5.92 Å². The normalized spacial score (nSPS) is 16.4. The number of hydrogen-bond acceptors (Lipinski definition) is 5. The average Bonchev–Trinajstić information content (AvgIpc) is 2.94. The molecule has 2 N–H and O–H groups in total. The van der Waals surface area contributed by atoms with Crippen molar-refractivity contribution in [2.24, 2.45) is 5.92 Å². The highest BCUT2D eigenvalue weighted by Crippen LogP contribution is 2.32. The SMILES string of the molecule is CC1CCc2nc(NC(=O)c3cccc(NC(=O)OC(C)(C)C)c3)sc2C1. The topological polar surface area (TPSA) is 80.3 Å². The van der Waals surface area contributed by atoms with Gasteiger partial charge in [0.25, 0.3) is 5.91 Å². The fourth-order valence-corrected chi connectivity index (χ4v) is 4.09. The molecule has 1 unspecified atom stereocenters. The molecule has 1 atom stereocenters. The first-order valence-corrected chi connectivity index (χ1v) is 9.91. The average molecular weight is 388 g/mol. The summed E-state index contributed by atoms with van der Waals surface area (Å²) < 4.78 is 5.23. The van der Waals surface area contributed by atoms with Crippen molar-refractivity contribution < 1.29 is 14.3 Å². The number of hydrogen-bond donors (Lipinski definition) is 2. The lowest BCUT2D eigenvalue weighted by molar-refractivity contribution is 0.0635.